The molecule has 3 rings (SSSR count). The van der Waals surface area contributed by atoms with Gasteiger partial charge in [-0.05, 0) is 57.1 Å². The van der Waals surface area contributed by atoms with Crippen LogP contribution in [0.25, 0.3) is 0 Å². The molecule has 0 aromatic rings. The van der Waals surface area contributed by atoms with E-state index >= 15 is 0 Å². The molecule has 0 saturated carbocycles. The van der Waals surface area contributed by atoms with E-state index in [1.54, 1.807) is 13.3 Å². The lowest BCUT2D eigenvalue weighted by molar-refractivity contribution is 0.131. The molecular formula is C19H29N2O5PS2. The van der Waals surface area contributed by atoms with E-state index in [0.717, 1.165) is 18.4 Å². The highest BCUT2D eigenvalue weighted by Gasteiger charge is 2.43. The van der Waals surface area contributed by atoms with Crippen LogP contribution in [0.2, 0.25) is 0 Å². The van der Waals surface area contributed by atoms with Crippen LogP contribution in [0.15, 0.2) is 35.5 Å². The summed E-state index contributed by atoms with van der Waals surface area (Å²) in [5.74, 6) is 1.17. The van der Waals surface area contributed by atoms with Gasteiger partial charge in [0.25, 0.3) is 6.64 Å². The van der Waals surface area contributed by atoms with Crippen molar-refractivity contribution in [3.8, 4) is 0 Å². The minimum atomic E-state index is -2.70. The Morgan fingerprint density at radius 3 is 2.59 bits per heavy atom. The summed E-state index contributed by atoms with van der Waals surface area (Å²) >= 11 is 6.91. The maximum Gasteiger partial charge on any atom is 0.425 e. The first-order valence-corrected chi connectivity index (χ1v) is 12.9. The molecule has 0 aromatic carbocycles. The fraction of sp³-hybridized carbons (Fsp3) is 0.632. The first-order valence-electron chi connectivity index (χ1n) is 9.55. The Bertz CT molecular complexity index is 806. The number of nitrogens with zero attached hydrogens (tertiary/aromatic N) is 2. The van der Waals surface area contributed by atoms with Gasteiger partial charge in [-0.25, -0.2) is 9.10 Å². The van der Waals surface area contributed by atoms with Crippen molar-refractivity contribution in [2.45, 2.75) is 53.0 Å². The third-order valence-electron chi connectivity index (χ3n) is 4.55. The second-order valence-corrected chi connectivity index (χ2v) is 13.3. The Kier molecular flexibility index (Phi) is 6.59. The molecule has 2 aliphatic heterocycles. The number of carbonyl (C=O) groups is 1. The van der Waals surface area contributed by atoms with Crippen LogP contribution in [0.5, 0.6) is 0 Å². The summed E-state index contributed by atoms with van der Waals surface area (Å²) in [4.78, 5) is 12.9. The van der Waals surface area contributed by atoms with Crippen LogP contribution in [0.3, 0.4) is 0 Å². The fourth-order valence-corrected chi connectivity index (χ4v) is 7.94. The zero-order valence-corrected chi connectivity index (χ0v) is 20.3. The molecule has 0 bridgehead atoms. The summed E-state index contributed by atoms with van der Waals surface area (Å²) in [5, 5.41) is 0. The molecule has 162 valence electrons. The molecule has 3 aliphatic rings. The van der Waals surface area contributed by atoms with Crippen LogP contribution in [0.1, 0.15) is 47.5 Å². The summed E-state index contributed by atoms with van der Waals surface area (Å²) < 4.78 is 26.5. The van der Waals surface area contributed by atoms with Crippen molar-refractivity contribution in [2.75, 3.05) is 20.3 Å². The van der Waals surface area contributed by atoms with E-state index in [-0.39, 0.29) is 11.0 Å². The smallest absolute Gasteiger partial charge is 0.425 e. The van der Waals surface area contributed by atoms with E-state index in [4.69, 9.17) is 30.3 Å². The van der Waals surface area contributed by atoms with Crippen LogP contribution in [-0.4, -0.2) is 40.3 Å². The van der Waals surface area contributed by atoms with Gasteiger partial charge in [0.05, 0.1) is 31.6 Å². The van der Waals surface area contributed by atoms with Gasteiger partial charge in [0.15, 0.2) is 11.5 Å². The lowest BCUT2D eigenvalue weighted by Crippen LogP contribution is -2.39. The minimum absolute atomic E-state index is 0.333. The predicted octanol–water partition coefficient (Wildman–Crippen LogP) is 5.49. The van der Waals surface area contributed by atoms with Crippen LogP contribution in [-0.2, 0) is 30.3 Å². The number of amides is 1. The molecule has 29 heavy (non-hydrogen) atoms. The second kappa shape index (κ2) is 8.36. The van der Waals surface area contributed by atoms with Crippen LogP contribution in [0, 0.1) is 5.41 Å². The molecule has 1 amide bonds. The Morgan fingerprint density at radius 2 is 1.97 bits per heavy atom. The van der Waals surface area contributed by atoms with E-state index in [2.05, 4.69) is 0 Å². The lowest BCUT2D eigenvalue weighted by atomic mass is 9.90. The molecule has 0 aromatic heterocycles. The van der Waals surface area contributed by atoms with E-state index in [1.807, 2.05) is 50.8 Å². The summed E-state index contributed by atoms with van der Waals surface area (Å²) in [6, 6.07) is 0. The third kappa shape index (κ3) is 4.92. The summed E-state index contributed by atoms with van der Waals surface area (Å²) in [5.41, 5.74) is 0.319. The fourth-order valence-electron chi connectivity index (χ4n) is 3.20. The third-order valence-corrected chi connectivity index (χ3v) is 10.0. The molecule has 0 radical (unpaired) electrons. The average molecular weight is 461 g/mol. The maximum atomic E-state index is 12.9. The van der Waals surface area contributed by atoms with Crippen LogP contribution in [0.4, 0.5) is 4.79 Å². The highest BCUT2D eigenvalue weighted by Crippen LogP contribution is 2.61. The van der Waals surface area contributed by atoms with Gasteiger partial charge in [-0.3, -0.25) is 0 Å². The summed E-state index contributed by atoms with van der Waals surface area (Å²) in [6.45, 7) is 8.53. The quantitative estimate of drug-likeness (QED) is 0.403. The number of rotatable bonds is 4. The maximum absolute atomic E-state index is 12.9. The van der Waals surface area contributed by atoms with Gasteiger partial charge in [0.1, 0.15) is 0 Å². The van der Waals surface area contributed by atoms with E-state index in [0.29, 0.717) is 24.7 Å². The van der Waals surface area contributed by atoms with Gasteiger partial charge in [0.2, 0.25) is 0 Å². The summed E-state index contributed by atoms with van der Waals surface area (Å²) in [6.07, 6.45) is 6.50. The van der Waals surface area contributed by atoms with Crippen molar-refractivity contribution >= 4 is 36.7 Å². The zero-order valence-electron chi connectivity index (χ0n) is 17.8. The molecule has 1 aliphatic carbocycles. The van der Waals surface area contributed by atoms with Gasteiger partial charge in [-0.15, -0.1) is 0 Å². The number of fused-ring (bicyclic) bond motifs is 1. The predicted molar refractivity (Wildman–Crippen MR) is 118 cm³/mol. The first kappa shape index (κ1) is 22.8. The highest BCUT2D eigenvalue weighted by atomic mass is 32.5. The van der Waals surface area contributed by atoms with Crippen molar-refractivity contribution in [3.63, 3.8) is 0 Å². The SMILES string of the molecule is CN(SN(C(C)(C)C)P1(=S)OCCCO1)C(=O)OC1=C2OC=CC=C2CC1(C)C. The molecule has 7 nitrogen and oxygen atoms in total. The van der Waals surface area contributed by atoms with E-state index < -0.39 is 12.7 Å². The largest absolute Gasteiger partial charge is 0.461 e. The Hall–Kier alpha value is -0.830. The van der Waals surface area contributed by atoms with Crippen LogP contribution >= 0.6 is 18.8 Å². The lowest BCUT2D eigenvalue weighted by Gasteiger charge is -2.43. The van der Waals surface area contributed by atoms with E-state index in [9.17, 15) is 4.79 Å². The number of allylic oxidation sites excluding steroid dienone is 4. The topological polar surface area (TPSA) is 60.5 Å². The number of ether oxygens (including phenoxy) is 2. The summed E-state index contributed by atoms with van der Waals surface area (Å²) in [7, 11) is 1.66. The van der Waals surface area contributed by atoms with Crippen molar-refractivity contribution in [3.05, 3.63) is 35.5 Å². The molecule has 2 heterocycles. The monoisotopic (exact) mass is 460 g/mol. The second-order valence-electron chi connectivity index (χ2n) is 8.74. The van der Waals surface area contributed by atoms with Crippen molar-refractivity contribution in [1.29, 1.82) is 0 Å². The molecule has 0 unspecified atom stereocenters. The minimum Gasteiger partial charge on any atom is -0.461 e. The standard InChI is InChI=1S/C19H29N2O5PS2/c1-18(2,3)21(27(28)24-11-8-12-25-27)29-20(6)17(22)26-16-15-14(9-7-10-23-15)13-19(16,4)5/h7,9-10H,8,11-13H2,1-6H3. The van der Waals surface area contributed by atoms with Gasteiger partial charge in [-0.2, -0.15) is 4.08 Å². The highest BCUT2D eigenvalue weighted by molar-refractivity contribution is 8.15. The zero-order chi connectivity index (χ0) is 21.4. The number of carbonyl (C=O) groups excluding carboxylic acids is 1. The normalized spacial score (nSPS) is 22.8. The average Bonchev–Trinajstić information content (AvgIpc) is 2.88. The van der Waals surface area contributed by atoms with Gasteiger partial charge in [0, 0.05) is 18.0 Å². The Morgan fingerprint density at radius 1 is 1.31 bits per heavy atom. The van der Waals surface area contributed by atoms with Gasteiger partial charge >= 0.3 is 6.09 Å². The number of hydrogen-bond donors (Lipinski definition) is 0. The molecule has 0 spiro atoms. The van der Waals surface area contributed by atoms with Crippen LogP contribution < -0.4 is 0 Å². The van der Waals surface area contributed by atoms with Crippen molar-refractivity contribution in [2.24, 2.45) is 5.41 Å². The van der Waals surface area contributed by atoms with Gasteiger partial charge < -0.3 is 18.5 Å². The van der Waals surface area contributed by atoms with Crippen molar-refractivity contribution < 1.29 is 23.3 Å². The van der Waals surface area contributed by atoms with Gasteiger partial charge in [-0.1, -0.05) is 19.9 Å². The van der Waals surface area contributed by atoms with Crippen molar-refractivity contribution in [1.82, 2.24) is 8.38 Å². The molecular weight excluding hydrogens is 431 g/mol. The van der Waals surface area contributed by atoms with E-state index in [1.165, 1.54) is 16.4 Å². The molecule has 0 N–H and O–H groups in total. The first-order chi connectivity index (χ1) is 13.4. The molecule has 0 atom stereocenters. The Labute approximate surface area is 182 Å². The number of hydrogen-bond acceptors (Lipinski definition) is 7. The molecule has 1 saturated heterocycles. The molecule has 1 fully saturated rings. The Balaban J connectivity index is 1.76. The molecule has 10 heteroatoms.